The zero-order valence-electron chi connectivity index (χ0n) is 14.8. The minimum Gasteiger partial charge on any atom is -0.548 e. The maximum atomic E-state index is 13.1. The summed E-state index contributed by atoms with van der Waals surface area (Å²) in [6.45, 7) is 4.20. The van der Waals surface area contributed by atoms with Crippen LogP contribution >= 0.6 is 0 Å². The molecule has 2 atom stereocenters. The van der Waals surface area contributed by atoms with Crippen LogP contribution < -0.4 is 10.7 Å². The average molecular weight is 357 g/mol. The molecular weight excluding hydrogens is 336 g/mol. The topological polar surface area (TPSA) is 108 Å². The van der Waals surface area contributed by atoms with Crippen molar-refractivity contribution in [3.05, 3.63) is 34.6 Å². The van der Waals surface area contributed by atoms with E-state index in [-0.39, 0.29) is 5.92 Å². The van der Waals surface area contributed by atoms with Gasteiger partial charge in [-0.15, -0.1) is 5.10 Å². The van der Waals surface area contributed by atoms with Crippen LogP contribution in [0.25, 0.3) is 10.9 Å². The molecule has 1 amide bonds. The summed E-state index contributed by atoms with van der Waals surface area (Å²) in [5.74, 6) is -1.58. The summed E-state index contributed by atoms with van der Waals surface area (Å²) in [6.07, 6.45) is 1.32. The van der Waals surface area contributed by atoms with Gasteiger partial charge in [-0.25, -0.2) is 0 Å². The van der Waals surface area contributed by atoms with Gasteiger partial charge >= 0.3 is 0 Å². The lowest BCUT2D eigenvalue weighted by molar-refractivity contribution is -0.310. The van der Waals surface area contributed by atoms with E-state index in [2.05, 4.69) is 10.3 Å². The lowest BCUT2D eigenvalue weighted by Gasteiger charge is -2.30. The Balaban J connectivity index is 2.04. The molecule has 138 valence electrons. The van der Waals surface area contributed by atoms with Crippen LogP contribution in [0.2, 0.25) is 0 Å². The number of fused-ring (bicyclic) bond motifs is 1. The van der Waals surface area contributed by atoms with E-state index in [1.165, 1.54) is 4.90 Å². The molecule has 0 N–H and O–H groups in total. The number of aromatic nitrogens is 3. The number of aliphatic carboxylic acids is 1. The van der Waals surface area contributed by atoms with Gasteiger partial charge in [-0.1, -0.05) is 31.2 Å². The van der Waals surface area contributed by atoms with E-state index >= 15 is 0 Å². The Morgan fingerprint density at radius 3 is 2.73 bits per heavy atom. The van der Waals surface area contributed by atoms with Gasteiger partial charge in [-0.2, -0.15) is 4.68 Å². The molecule has 8 heteroatoms. The Morgan fingerprint density at radius 1 is 1.31 bits per heavy atom. The molecular formula is C18H21N4O4-. The number of carbonyl (C=O) groups excluding carboxylic acids is 2. The van der Waals surface area contributed by atoms with Gasteiger partial charge in [0.05, 0.1) is 17.4 Å². The van der Waals surface area contributed by atoms with Crippen LogP contribution in [0.15, 0.2) is 29.1 Å². The summed E-state index contributed by atoms with van der Waals surface area (Å²) in [7, 11) is 0. The van der Waals surface area contributed by atoms with E-state index in [4.69, 9.17) is 0 Å². The summed E-state index contributed by atoms with van der Waals surface area (Å²) in [5.41, 5.74) is 0.0528. The molecule has 1 aliphatic rings. The first-order valence-corrected chi connectivity index (χ1v) is 8.75. The molecule has 26 heavy (non-hydrogen) atoms. The van der Waals surface area contributed by atoms with Gasteiger partial charge in [0, 0.05) is 6.54 Å². The zero-order chi connectivity index (χ0) is 18.8. The van der Waals surface area contributed by atoms with Crippen molar-refractivity contribution in [1.29, 1.82) is 0 Å². The number of hydrogen-bond donors (Lipinski definition) is 0. The van der Waals surface area contributed by atoms with Crippen molar-refractivity contribution in [3.8, 4) is 0 Å². The molecule has 1 aliphatic heterocycles. The molecule has 0 bridgehead atoms. The fourth-order valence-corrected chi connectivity index (χ4v) is 3.42. The van der Waals surface area contributed by atoms with E-state index in [0.29, 0.717) is 36.7 Å². The van der Waals surface area contributed by atoms with Crippen LogP contribution in [0.3, 0.4) is 0 Å². The Labute approximate surface area is 150 Å². The van der Waals surface area contributed by atoms with Crippen molar-refractivity contribution < 1.29 is 14.7 Å². The lowest BCUT2D eigenvalue weighted by atomic mass is 10.0. The Hall–Kier alpha value is -2.77. The second kappa shape index (κ2) is 7.23. The van der Waals surface area contributed by atoms with Crippen molar-refractivity contribution in [3.63, 3.8) is 0 Å². The number of carbonyl (C=O) groups is 2. The van der Waals surface area contributed by atoms with Gasteiger partial charge in [0.1, 0.15) is 11.6 Å². The Morgan fingerprint density at radius 2 is 2.04 bits per heavy atom. The molecule has 0 aliphatic carbocycles. The molecule has 0 saturated carbocycles. The highest BCUT2D eigenvalue weighted by molar-refractivity contribution is 5.86. The molecule has 1 saturated heterocycles. The quantitative estimate of drug-likeness (QED) is 0.752. The largest absolute Gasteiger partial charge is 0.548 e. The molecule has 0 spiro atoms. The molecule has 2 aromatic rings. The second-order valence-electron chi connectivity index (χ2n) is 7.01. The van der Waals surface area contributed by atoms with E-state index in [9.17, 15) is 19.5 Å². The van der Waals surface area contributed by atoms with Gasteiger partial charge in [-0.3, -0.25) is 9.59 Å². The van der Waals surface area contributed by atoms with Crippen LogP contribution in [0.5, 0.6) is 0 Å². The second-order valence-corrected chi connectivity index (χ2v) is 7.01. The normalized spacial score (nSPS) is 18.4. The number of nitrogens with zero attached hydrogens (tertiary/aromatic N) is 4. The minimum absolute atomic E-state index is 0.105. The van der Waals surface area contributed by atoms with Crippen LogP contribution in [0.1, 0.15) is 39.2 Å². The molecule has 0 radical (unpaired) electrons. The molecule has 3 rings (SSSR count). The summed E-state index contributed by atoms with van der Waals surface area (Å²) < 4.78 is 1.09. The highest BCUT2D eigenvalue weighted by Gasteiger charge is 2.36. The monoisotopic (exact) mass is 357 g/mol. The number of carboxylic acid groups (broad SMARTS) is 1. The summed E-state index contributed by atoms with van der Waals surface area (Å²) in [6, 6.07) is 4.95. The number of likely N-dealkylation sites (tertiary alicyclic amines) is 1. The molecule has 8 nitrogen and oxygen atoms in total. The maximum absolute atomic E-state index is 13.1. The van der Waals surface area contributed by atoms with Gasteiger partial charge in [-0.05, 0) is 37.3 Å². The predicted octanol–water partition coefficient (Wildman–Crippen LogP) is 0.120. The molecule has 0 unspecified atom stereocenters. The number of amides is 1. The van der Waals surface area contributed by atoms with Gasteiger partial charge in [0.2, 0.25) is 5.91 Å². The fourth-order valence-electron chi connectivity index (χ4n) is 3.42. The predicted molar refractivity (Wildman–Crippen MR) is 92.0 cm³/mol. The van der Waals surface area contributed by atoms with Crippen molar-refractivity contribution in [1.82, 2.24) is 19.9 Å². The van der Waals surface area contributed by atoms with Crippen molar-refractivity contribution >= 4 is 22.8 Å². The number of hydrogen-bond acceptors (Lipinski definition) is 6. The third-order valence-corrected chi connectivity index (χ3v) is 4.67. The molecule has 1 fully saturated rings. The smallest absolute Gasteiger partial charge is 0.278 e. The fraction of sp³-hybridized carbons (Fsp3) is 0.500. The van der Waals surface area contributed by atoms with E-state index in [1.807, 2.05) is 13.8 Å². The highest BCUT2D eigenvalue weighted by Crippen LogP contribution is 2.24. The van der Waals surface area contributed by atoms with Crippen LogP contribution in [-0.4, -0.2) is 44.4 Å². The van der Waals surface area contributed by atoms with Crippen LogP contribution in [0.4, 0.5) is 0 Å². The van der Waals surface area contributed by atoms with Crippen molar-refractivity contribution in [2.75, 3.05) is 6.54 Å². The van der Waals surface area contributed by atoms with Gasteiger partial charge in [0.25, 0.3) is 5.56 Å². The number of benzene rings is 1. The van der Waals surface area contributed by atoms with Crippen LogP contribution in [0, 0.1) is 5.92 Å². The SMILES string of the molecule is CC(C)C[C@@H](C(=O)N1CCC[C@@H]1C(=O)[O-])n1nnc2ccccc2c1=O. The zero-order valence-corrected chi connectivity index (χ0v) is 14.8. The minimum atomic E-state index is -1.27. The molecule has 2 heterocycles. The Bertz CT molecular complexity index is 892. The van der Waals surface area contributed by atoms with E-state index in [1.54, 1.807) is 24.3 Å². The standard InChI is InChI=1S/C18H22N4O4/c1-11(2)10-15(17(24)21-9-5-8-14(21)18(25)26)22-16(23)12-6-3-4-7-13(12)19-20-22/h3-4,6-7,11,14-15H,5,8-10H2,1-2H3,(H,25,26)/p-1/t14-,15+/m1/s1. The lowest BCUT2D eigenvalue weighted by Crippen LogP contribution is -2.50. The first-order valence-electron chi connectivity index (χ1n) is 8.75. The summed E-state index contributed by atoms with van der Waals surface area (Å²) >= 11 is 0. The number of carboxylic acids is 1. The first kappa shape index (κ1) is 18.0. The summed E-state index contributed by atoms with van der Waals surface area (Å²) in [5, 5.41) is 19.7. The van der Waals surface area contributed by atoms with Crippen molar-refractivity contribution in [2.45, 2.75) is 45.2 Å². The third-order valence-electron chi connectivity index (χ3n) is 4.67. The van der Waals surface area contributed by atoms with Crippen molar-refractivity contribution in [2.24, 2.45) is 5.92 Å². The highest BCUT2D eigenvalue weighted by atomic mass is 16.4. The first-order chi connectivity index (χ1) is 12.4. The third kappa shape index (κ3) is 3.31. The maximum Gasteiger partial charge on any atom is 0.278 e. The van der Waals surface area contributed by atoms with Gasteiger partial charge in [0.15, 0.2) is 0 Å². The molecule has 1 aromatic heterocycles. The summed E-state index contributed by atoms with van der Waals surface area (Å²) in [4.78, 5) is 38.6. The molecule has 1 aromatic carbocycles. The van der Waals surface area contributed by atoms with Crippen LogP contribution in [-0.2, 0) is 9.59 Å². The Kier molecular flexibility index (Phi) is 5.01. The van der Waals surface area contributed by atoms with E-state index < -0.39 is 29.5 Å². The van der Waals surface area contributed by atoms with Gasteiger partial charge < -0.3 is 14.8 Å². The average Bonchev–Trinajstić information content (AvgIpc) is 3.10. The van der Waals surface area contributed by atoms with E-state index in [0.717, 1.165) is 4.68 Å². The number of rotatable bonds is 5.